The molecule has 4 rings (SSSR count). The van der Waals surface area contributed by atoms with Crippen molar-refractivity contribution in [1.29, 1.82) is 0 Å². The molecule has 9 heteroatoms. The van der Waals surface area contributed by atoms with Crippen LogP contribution in [0.4, 0.5) is 4.79 Å². The van der Waals surface area contributed by atoms with E-state index in [-0.39, 0.29) is 6.09 Å². The molecule has 0 unspecified atom stereocenters. The molecule has 1 aliphatic rings. The van der Waals surface area contributed by atoms with Crippen molar-refractivity contribution in [3.63, 3.8) is 0 Å². The molecular formula is C23H28N6O2S. The molecule has 1 aromatic carbocycles. The molecule has 0 radical (unpaired) electrons. The molecule has 0 spiro atoms. The van der Waals surface area contributed by atoms with Crippen LogP contribution in [0.25, 0.3) is 0 Å². The molecule has 1 aliphatic heterocycles. The van der Waals surface area contributed by atoms with Crippen molar-refractivity contribution in [1.82, 2.24) is 30.1 Å². The van der Waals surface area contributed by atoms with E-state index in [0.29, 0.717) is 24.8 Å². The highest BCUT2D eigenvalue weighted by molar-refractivity contribution is 7.99. The number of hydrogen-bond acceptors (Lipinski definition) is 7. The van der Waals surface area contributed by atoms with Gasteiger partial charge in [0.2, 0.25) is 5.16 Å². The first kappa shape index (κ1) is 22.3. The highest BCUT2D eigenvalue weighted by Gasteiger charge is 2.24. The first-order chi connectivity index (χ1) is 15.6. The number of benzene rings is 1. The zero-order valence-corrected chi connectivity index (χ0v) is 19.3. The summed E-state index contributed by atoms with van der Waals surface area (Å²) in [5, 5.41) is 12.3. The second-order valence-corrected chi connectivity index (χ2v) is 9.10. The summed E-state index contributed by atoms with van der Waals surface area (Å²) in [6, 6.07) is 13.9. The Morgan fingerprint density at radius 3 is 2.59 bits per heavy atom. The Hall–Kier alpha value is -2.94. The van der Waals surface area contributed by atoms with Crippen molar-refractivity contribution in [2.24, 2.45) is 13.0 Å². The maximum Gasteiger partial charge on any atom is 0.415 e. The molecule has 0 aliphatic carbocycles. The Kier molecular flexibility index (Phi) is 7.36. The summed E-state index contributed by atoms with van der Waals surface area (Å²) in [7, 11) is 1.84. The zero-order chi connectivity index (χ0) is 22.3. The van der Waals surface area contributed by atoms with E-state index >= 15 is 0 Å². The van der Waals surface area contributed by atoms with Crippen molar-refractivity contribution >= 4 is 17.9 Å². The molecule has 3 aromatic rings. The van der Waals surface area contributed by atoms with E-state index in [1.165, 1.54) is 5.56 Å². The van der Waals surface area contributed by atoms with Crippen molar-refractivity contribution in [2.75, 3.05) is 18.8 Å². The average molecular weight is 453 g/mol. The van der Waals surface area contributed by atoms with E-state index < -0.39 is 0 Å². The van der Waals surface area contributed by atoms with Crippen LogP contribution in [0.2, 0.25) is 0 Å². The third-order valence-corrected chi connectivity index (χ3v) is 6.89. The normalized spacial score (nSPS) is 14.5. The lowest BCUT2D eigenvalue weighted by molar-refractivity contribution is 0.134. The monoisotopic (exact) mass is 452 g/mol. The lowest BCUT2D eigenvalue weighted by Crippen LogP contribution is -2.40. The van der Waals surface area contributed by atoms with Gasteiger partial charge in [-0.25, -0.2) is 9.48 Å². The van der Waals surface area contributed by atoms with Gasteiger partial charge in [-0.2, -0.15) is 0 Å². The number of aromatic nitrogens is 5. The Balaban J connectivity index is 1.20. The molecule has 1 amide bonds. The summed E-state index contributed by atoms with van der Waals surface area (Å²) in [4.78, 5) is 18.9. The summed E-state index contributed by atoms with van der Waals surface area (Å²) in [5.74, 6) is 2.08. The van der Waals surface area contributed by atoms with Crippen LogP contribution in [0.15, 0.2) is 47.6 Å². The average Bonchev–Trinajstić information content (AvgIpc) is 3.22. The van der Waals surface area contributed by atoms with Crippen LogP contribution in [0.5, 0.6) is 5.75 Å². The first-order valence-electron chi connectivity index (χ1n) is 10.9. The Morgan fingerprint density at radius 1 is 1.12 bits per heavy atom. The van der Waals surface area contributed by atoms with Crippen molar-refractivity contribution < 1.29 is 9.53 Å². The summed E-state index contributed by atoms with van der Waals surface area (Å²) >= 11 is 1.67. The Bertz CT molecular complexity index is 1030. The standard InChI is InChI=1S/C23H28N6O2S/c1-17-4-3-5-20(24-17)9-6-18-7-10-21(11-8-18)31-23(30)29-14-12-19(13-15-29)16-32-22-25-26-27-28(22)2/h3-5,7-8,10-11,19H,6,9,12-16H2,1-2H3. The maximum absolute atomic E-state index is 12.6. The number of likely N-dealkylation sites (tertiary alicyclic amines) is 1. The van der Waals surface area contributed by atoms with Crippen LogP contribution >= 0.6 is 11.8 Å². The summed E-state index contributed by atoms with van der Waals surface area (Å²) in [6.45, 7) is 3.43. The third kappa shape index (κ3) is 6.06. The van der Waals surface area contributed by atoms with Gasteiger partial charge in [-0.3, -0.25) is 4.98 Å². The summed E-state index contributed by atoms with van der Waals surface area (Å²) in [5.41, 5.74) is 3.33. The number of tetrazole rings is 1. The number of amides is 1. The molecule has 0 N–H and O–H groups in total. The fraction of sp³-hybridized carbons (Fsp3) is 0.435. The van der Waals surface area contributed by atoms with Gasteiger partial charge in [-0.05, 0) is 78.8 Å². The minimum Gasteiger partial charge on any atom is -0.410 e. The fourth-order valence-electron chi connectivity index (χ4n) is 3.72. The molecule has 2 aromatic heterocycles. The van der Waals surface area contributed by atoms with Gasteiger partial charge in [0.1, 0.15) is 5.75 Å². The van der Waals surface area contributed by atoms with Crippen LogP contribution in [0.3, 0.4) is 0 Å². The second-order valence-electron chi connectivity index (χ2n) is 8.11. The molecule has 0 bridgehead atoms. The molecule has 1 fully saturated rings. The molecule has 0 atom stereocenters. The van der Waals surface area contributed by atoms with Gasteiger partial charge in [0.05, 0.1) is 0 Å². The number of pyridine rings is 1. The van der Waals surface area contributed by atoms with Crippen molar-refractivity contribution in [2.45, 2.75) is 37.8 Å². The van der Waals surface area contributed by atoms with Gasteiger partial charge in [0, 0.05) is 37.3 Å². The largest absolute Gasteiger partial charge is 0.415 e. The van der Waals surface area contributed by atoms with E-state index in [2.05, 4.69) is 26.6 Å². The molecule has 0 saturated carbocycles. The number of piperidine rings is 1. The van der Waals surface area contributed by atoms with Gasteiger partial charge in [-0.1, -0.05) is 30.0 Å². The lowest BCUT2D eigenvalue weighted by Gasteiger charge is -2.30. The predicted molar refractivity (Wildman–Crippen MR) is 123 cm³/mol. The molecule has 8 nitrogen and oxygen atoms in total. The molecular weight excluding hydrogens is 424 g/mol. The lowest BCUT2D eigenvalue weighted by atomic mass is 9.99. The number of carbonyl (C=O) groups excluding carboxylic acids is 1. The highest BCUT2D eigenvalue weighted by atomic mass is 32.2. The van der Waals surface area contributed by atoms with Gasteiger partial charge in [0.15, 0.2) is 0 Å². The Morgan fingerprint density at radius 2 is 1.91 bits per heavy atom. The predicted octanol–water partition coefficient (Wildman–Crippen LogP) is 3.70. The van der Waals surface area contributed by atoms with Crippen LogP contribution in [0, 0.1) is 12.8 Å². The maximum atomic E-state index is 12.6. The number of ether oxygens (including phenoxy) is 1. The number of rotatable bonds is 7. The van der Waals surface area contributed by atoms with E-state index in [9.17, 15) is 4.79 Å². The molecule has 1 saturated heterocycles. The summed E-state index contributed by atoms with van der Waals surface area (Å²) < 4.78 is 7.28. The molecule has 32 heavy (non-hydrogen) atoms. The summed E-state index contributed by atoms with van der Waals surface area (Å²) in [6.07, 6.45) is 3.44. The number of carbonyl (C=O) groups is 1. The number of nitrogens with zero attached hydrogens (tertiary/aromatic N) is 6. The van der Waals surface area contributed by atoms with Gasteiger partial charge < -0.3 is 9.64 Å². The second kappa shape index (κ2) is 10.6. The van der Waals surface area contributed by atoms with E-state index in [1.54, 1.807) is 21.3 Å². The number of hydrogen-bond donors (Lipinski definition) is 0. The first-order valence-corrected chi connectivity index (χ1v) is 11.9. The van der Waals surface area contributed by atoms with Gasteiger partial charge in [0.25, 0.3) is 0 Å². The fourth-order valence-corrected chi connectivity index (χ4v) is 4.75. The minimum atomic E-state index is -0.273. The van der Waals surface area contributed by atoms with Crippen LogP contribution in [0.1, 0.15) is 29.8 Å². The number of aryl methyl sites for hydroxylation is 4. The van der Waals surface area contributed by atoms with Gasteiger partial charge in [-0.15, -0.1) is 5.10 Å². The van der Waals surface area contributed by atoms with Crippen LogP contribution < -0.4 is 4.74 Å². The SMILES string of the molecule is Cc1cccc(CCc2ccc(OC(=O)N3CCC(CSc4nnnn4C)CC3)cc2)n1. The quantitative estimate of drug-likeness (QED) is 0.505. The third-order valence-electron chi connectivity index (χ3n) is 5.65. The highest BCUT2D eigenvalue weighted by Crippen LogP contribution is 2.25. The van der Waals surface area contributed by atoms with E-state index in [1.807, 2.05) is 50.4 Å². The molecule has 168 valence electrons. The smallest absolute Gasteiger partial charge is 0.410 e. The van der Waals surface area contributed by atoms with Crippen LogP contribution in [-0.4, -0.2) is 55.0 Å². The Labute approximate surface area is 192 Å². The zero-order valence-electron chi connectivity index (χ0n) is 18.5. The van der Waals surface area contributed by atoms with Gasteiger partial charge >= 0.3 is 6.09 Å². The van der Waals surface area contributed by atoms with Crippen LogP contribution in [-0.2, 0) is 19.9 Å². The number of thioether (sulfide) groups is 1. The molecule has 3 heterocycles. The van der Waals surface area contributed by atoms with Crippen molar-refractivity contribution in [3.8, 4) is 5.75 Å². The van der Waals surface area contributed by atoms with E-state index in [0.717, 1.165) is 48.0 Å². The topological polar surface area (TPSA) is 86.0 Å². The minimum absolute atomic E-state index is 0.273. The van der Waals surface area contributed by atoms with E-state index in [4.69, 9.17) is 4.74 Å². The van der Waals surface area contributed by atoms with Crippen molar-refractivity contribution in [3.05, 3.63) is 59.4 Å².